The van der Waals surface area contributed by atoms with Gasteiger partial charge in [-0.15, -0.1) is 10.2 Å². The quantitative estimate of drug-likeness (QED) is 0.378. The lowest BCUT2D eigenvalue weighted by Crippen LogP contribution is -2.23. The number of nitrogens with zero attached hydrogens (tertiary/aromatic N) is 3. The number of H-pyrrole nitrogens is 1. The maximum absolute atomic E-state index is 12.6. The smallest absolute Gasteiger partial charge is 0.411 e. The van der Waals surface area contributed by atoms with Crippen molar-refractivity contribution in [3.63, 3.8) is 0 Å². The van der Waals surface area contributed by atoms with E-state index in [-0.39, 0.29) is 12.5 Å². The highest BCUT2D eigenvalue weighted by Gasteiger charge is 2.11. The lowest BCUT2D eigenvalue weighted by molar-refractivity contribution is 0.0950. The van der Waals surface area contributed by atoms with E-state index < -0.39 is 6.09 Å². The minimum atomic E-state index is -0.644. The van der Waals surface area contributed by atoms with Crippen LogP contribution in [0.25, 0.3) is 11.4 Å². The minimum absolute atomic E-state index is 0.131. The van der Waals surface area contributed by atoms with Crippen LogP contribution in [0.3, 0.4) is 0 Å². The summed E-state index contributed by atoms with van der Waals surface area (Å²) in [6.45, 7) is 0.436. The van der Waals surface area contributed by atoms with E-state index in [4.69, 9.17) is 16.3 Å². The second kappa shape index (κ2) is 10.4. The third-order valence-corrected chi connectivity index (χ3v) is 4.85. The molecule has 1 heterocycles. The molecule has 9 nitrogen and oxygen atoms in total. The van der Waals surface area contributed by atoms with Gasteiger partial charge in [-0.25, -0.2) is 4.79 Å². The zero-order valence-electron chi connectivity index (χ0n) is 17.3. The molecule has 10 heteroatoms. The van der Waals surface area contributed by atoms with Crippen molar-refractivity contribution in [3.05, 3.63) is 94.5 Å². The van der Waals surface area contributed by atoms with Gasteiger partial charge in [-0.2, -0.15) is 5.21 Å². The number of rotatable bonds is 7. The fourth-order valence-corrected chi connectivity index (χ4v) is 3.25. The lowest BCUT2D eigenvalue weighted by Gasteiger charge is -2.10. The highest BCUT2D eigenvalue weighted by Crippen LogP contribution is 2.20. The molecular formula is C23H19ClN6O3. The van der Waals surface area contributed by atoms with Crippen molar-refractivity contribution >= 4 is 29.3 Å². The number of halogens is 1. The predicted octanol–water partition coefficient (Wildman–Crippen LogP) is 4.20. The Morgan fingerprint density at radius 2 is 1.76 bits per heavy atom. The van der Waals surface area contributed by atoms with Crippen molar-refractivity contribution in [2.45, 2.75) is 13.2 Å². The summed E-state index contributed by atoms with van der Waals surface area (Å²) in [7, 11) is 0. The average Bonchev–Trinajstić information content (AvgIpc) is 3.37. The molecule has 2 amide bonds. The highest BCUT2D eigenvalue weighted by molar-refractivity contribution is 6.31. The Labute approximate surface area is 194 Å². The van der Waals surface area contributed by atoms with Gasteiger partial charge in [-0.1, -0.05) is 66.2 Å². The summed E-state index contributed by atoms with van der Waals surface area (Å²) < 4.78 is 5.21. The van der Waals surface area contributed by atoms with Crippen LogP contribution in [0.5, 0.6) is 0 Å². The zero-order valence-corrected chi connectivity index (χ0v) is 18.0. The first-order chi connectivity index (χ1) is 16.1. The molecule has 0 radical (unpaired) electrons. The first-order valence-electron chi connectivity index (χ1n) is 9.96. The molecule has 0 fully saturated rings. The number of amides is 2. The van der Waals surface area contributed by atoms with E-state index in [1.165, 1.54) is 12.1 Å². The number of anilines is 1. The summed E-state index contributed by atoms with van der Waals surface area (Å²) in [5, 5.41) is 19.5. The molecule has 1 aromatic heterocycles. The predicted molar refractivity (Wildman–Crippen MR) is 122 cm³/mol. The number of ether oxygens (including phenoxy) is 1. The molecule has 0 spiro atoms. The molecule has 0 aliphatic carbocycles. The Morgan fingerprint density at radius 1 is 0.970 bits per heavy atom. The molecule has 0 bridgehead atoms. The summed E-state index contributed by atoms with van der Waals surface area (Å²) in [5.41, 5.74) is 3.23. The second-order valence-corrected chi connectivity index (χ2v) is 7.47. The van der Waals surface area contributed by atoms with Crippen LogP contribution >= 0.6 is 11.6 Å². The Bertz CT molecular complexity index is 1230. The molecule has 0 saturated heterocycles. The monoisotopic (exact) mass is 462 g/mol. The number of aromatic amines is 1. The number of hydrogen-bond donors (Lipinski definition) is 3. The van der Waals surface area contributed by atoms with Gasteiger partial charge in [0, 0.05) is 28.4 Å². The fraction of sp³-hybridized carbons (Fsp3) is 0.0870. The van der Waals surface area contributed by atoms with Gasteiger partial charge < -0.3 is 10.1 Å². The van der Waals surface area contributed by atoms with Crippen LogP contribution in [0.1, 0.15) is 21.5 Å². The summed E-state index contributed by atoms with van der Waals surface area (Å²) in [6, 6.07) is 21.3. The Balaban J connectivity index is 1.33. The van der Waals surface area contributed by atoms with Gasteiger partial charge in [0.15, 0.2) is 0 Å². The maximum atomic E-state index is 12.6. The number of tetrazole rings is 1. The number of carbonyl (C=O) groups excluding carboxylic acids is 2. The molecule has 0 unspecified atom stereocenters. The summed E-state index contributed by atoms with van der Waals surface area (Å²) in [4.78, 5) is 24.7. The molecule has 0 saturated carbocycles. The molecular weight excluding hydrogens is 444 g/mol. The van der Waals surface area contributed by atoms with Crippen molar-refractivity contribution in [2.24, 2.45) is 0 Å². The molecule has 0 atom stereocenters. The van der Waals surface area contributed by atoms with E-state index in [0.717, 1.165) is 16.7 Å². The molecule has 4 rings (SSSR count). The maximum Gasteiger partial charge on any atom is 0.411 e. The average molecular weight is 463 g/mol. The van der Waals surface area contributed by atoms with Gasteiger partial charge in [0.25, 0.3) is 5.91 Å². The van der Waals surface area contributed by atoms with Gasteiger partial charge in [0.1, 0.15) is 6.61 Å². The molecule has 0 aliphatic heterocycles. The van der Waals surface area contributed by atoms with E-state index in [1.807, 2.05) is 54.6 Å². The van der Waals surface area contributed by atoms with E-state index in [2.05, 4.69) is 31.3 Å². The van der Waals surface area contributed by atoms with Crippen LogP contribution in [-0.4, -0.2) is 32.6 Å². The largest absolute Gasteiger partial charge is 0.444 e. The zero-order chi connectivity index (χ0) is 23.0. The van der Waals surface area contributed by atoms with Crippen molar-refractivity contribution in [1.29, 1.82) is 0 Å². The molecule has 3 N–H and O–H groups in total. The number of hydrogen-bond acceptors (Lipinski definition) is 6. The minimum Gasteiger partial charge on any atom is -0.444 e. The lowest BCUT2D eigenvalue weighted by atomic mass is 10.1. The standard InChI is InChI=1S/C23H19ClN6O3/c24-19-10-18(11-20(12-19)26-23(32)33-14-16-4-2-1-3-5-16)22(31)25-13-15-6-8-17(9-7-15)21-27-29-30-28-21/h1-12H,13-14H2,(H,25,31)(H,26,32)(H,27,28,29,30). The van der Waals surface area contributed by atoms with Crippen LogP contribution in [-0.2, 0) is 17.9 Å². The van der Waals surface area contributed by atoms with Gasteiger partial charge in [0.05, 0.1) is 0 Å². The molecule has 0 aliphatic rings. The van der Waals surface area contributed by atoms with Crippen molar-refractivity contribution in [1.82, 2.24) is 25.9 Å². The van der Waals surface area contributed by atoms with Crippen LogP contribution in [0.2, 0.25) is 5.02 Å². The molecule has 4 aromatic rings. The molecule has 33 heavy (non-hydrogen) atoms. The Morgan fingerprint density at radius 3 is 2.48 bits per heavy atom. The Hall–Kier alpha value is -4.24. The molecule has 166 valence electrons. The number of nitrogens with one attached hydrogen (secondary N) is 3. The highest BCUT2D eigenvalue weighted by atomic mass is 35.5. The first-order valence-corrected chi connectivity index (χ1v) is 10.3. The van der Waals surface area contributed by atoms with Gasteiger partial charge in [0.2, 0.25) is 5.82 Å². The number of aromatic nitrogens is 4. The van der Waals surface area contributed by atoms with Crippen LogP contribution in [0, 0.1) is 0 Å². The van der Waals surface area contributed by atoms with Gasteiger partial charge in [-0.3, -0.25) is 10.1 Å². The van der Waals surface area contributed by atoms with E-state index in [9.17, 15) is 9.59 Å². The van der Waals surface area contributed by atoms with Gasteiger partial charge in [-0.05, 0) is 34.5 Å². The normalized spacial score (nSPS) is 10.5. The third kappa shape index (κ3) is 6.14. The fourth-order valence-electron chi connectivity index (χ4n) is 3.01. The Kier molecular flexibility index (Phi) is 6.91. The van der Waals surface area contributed by atoms with Crippen molar-refractivity contribution < 1.29 is 14.3 Å². The number of benzene rings is 3. The summed E-state index contributed by atoms with van der Waals surface area (Å²) >= 11 is 6.14. The number of carbonyl (C=O) groups is 2. The molecule has 3 aromatic carbocycles. The van der Waals surface area contributed by atoms with Crippen molar-refractivity contribution in [2.75, 3.05) is 5.32 Å². The van der Waals surface area contributed by atoms with E-state index >= 15 is 0 Å². The van der Waals surface area contributed by atoms with Crippen LogP contribution in [0.4, 0.5) is 10.5 Å². The van der Waals surface area contributed by atoms with Crippen LogP contribution in [0.15, 0.2) is 72.8 Å². The van der Waals surface area contributed by atoms with Crippen molar-refractivity contribution in [3.8, 4) is 11.4 Å². The van der Waals surface area contributed by atoms with Crippen LogP contribution < -0.4 is 10.6 Å². The summed E-state index contributed by atoms with van der Waals surface area (Å²) in [5.74, 6) is 0.160. The third-order valence-electron chi connectivity index (χ3n) is 4.63. The topological polar surface area (TPSA) is 122 Å². The SMILES string of the molecule is O=C(Nc1cc(Cl)cc(C(=O)NCc2ccc(-c3nn[nH]n3)cc2)c1)OCc1ccccc1. The van der Waals surface area contributed by atoms with Gasteiger partial charge >= 0.3 is 6.09 Å². The second-order valence-electron chi connectivity index (χ2n) is 7.03. The first kappa shape index (κ1) is 22.0. The summed E-state index contributed by atoms with van der Waals surface area (Å²) in [6.07, 6.45) is -0.644. The van der Waals surface area contributed by atoms with E-state index in [1.54, 1.807) is 6.07 Å². The van der Waals surface area contributed by atoms with E-state index in [0.29, 0.717) is 28.6 Å².